The lowest BCUT2D eigenvalue weighted by atomic mass is 10.6. The largest absolute Gasteiger partial charge is 0.448 e. The van der Waals surface area contributed by atoms with Crippen LogP contribution in [0, 0.1) is 0 Å². The van der Waals surface area contributed by atoms with Crippen LogP contribution in [0.4, 0.5) is 0 Å². The molecule has 0 aromatic carbocycles. The maximum absolute atomic E-state index is 5.42. The van der Waals surface area contributed by atoms with Gasteiger partial charge in [0.2, 0.25) is 0 Å². The molecule has 1 rings (SSSR count). The number of ether oxygens (including phenoxy) is 1. The van der Waals surface area contributed by atoms with Crippen LogP contribution in [0.15, 0.2) is 0 Å². The fourth-order valence-electron chi connectivity index (χ4n) is 0.914. The van der Waals surface area contributed by atoms with Crippen LogP contribution in [0.3, 0.4) is 0 Å². The summed E-state index contributed by atoms with van der Waals surface area (Å²) in [5, 5.41) is 0. The molecule has 2 nitrogen and oxygen atoms in total. The van der Waals surface area contributed by atoms with Gasteiger partial charge in [-0.25, -0.2) is 4.58 Å². The van der Waals surface area contributed by atoms with E-state index >= 15 is 0 Å². The number of thioether (sulfide) groups is 1. The lowest BCUT2D eigenvalue weighted by Gasteiger charge is -2.10. The number of hydrogen-bond acceptors (Lipinski definition) is 2. The summed E-state index contributed by atoms with van der Waals surface area (Å²) in [6, 6.07) is 0. The molecule has 0 bridgehead atoms. The zero-order valence-electron chi connectivity index (χ0n) is 6.59. The first kappa shape index (κ1) is 7.92. The van der Waals surface area contributed by atoms with Crippen LogP contribution >= 0.6 is 11.8 Å². The van der Waals surface area contributed by atoms with Gasteiger partial charge in [-0.1, -0.05) is 0 Å². The third kappa shape index (κ3) is 1.90. The van der Waals surface area contributed by atoms with Crippen molar-refractivity contribution >= 4 is 17.7 Å². The summed E-state index contributed by atoms with van der Waals surface area (Å²) in [6.45, 7) is 3.94. The first-order chi connectivity index (χ1) is 4.84. The molecule has 58 valence electrons. The predicted octanol–water partition coefficient (Wildman–Crippen LogP) is 0.810. The van der Waals surface area contributed by atoms with Crippen LogP contribution in [-0.4, -0.2) is 42.2 Å². The van der Waals surface area contributed by atoms with Crippen molar-refractivity contribution in [2.24, 2.45) is 0 Å². The Kier molecular flexibility index (Phi) is 3.06. The van der Waals surface area contributed by atoms with Crippen LogP contribution in [0.2, 0.25) is 0 Å². The van der Waals surface area contributed by atoms with Crippen molar-refractivity contribution in [1.82, 2.24) is 0 Å². The van der Waals surface area contributed by atoms with Gasteiger partial charge in [-0.3, -0.25) is 0 Å². The molecule has 10 heavy (non-hydrogen) atoms. The lowest BCUT2D eigenvalue weighted by Crippen LogP contribution is -2.28. The van der Waals surface area contributed by atoms with E-state index in [-0.39, 0.29) is 0 Å². The molecular formula is C7H14NOS+. The van der Waals surface area contributed by atoms with Crippen molar-refractivity contribution in [3.63, 3.8) is 0 Å². The Balaban J connectivity index is 2.50. The van der Waals surface area contributed by atoms with Gasteiger partial charge in [0, 0.05) is 0 Å². The van der Waals surface area contributed by atoms with Crippen LogP contribution in [0.25, 0.3) is 0 Å². The maximum Gasteiger partial charge on any atom is 0.346 e. The second kappa shape index (κ2) is 3.86. The van der Waals surface area contributed by atoms with E-state index in [0.29, 0.717) is 0 Å². The predicted molar refractivity (Wildman–Crippen MR) is 45.0 cm³/mol. The number of nitrogens with zero attached hydrogens (tertiary/aromatic N) is 1. The molecule has 0 N–H and O–H groups in total. The Labute approximate surface area is 66.3 Å². The molecule has 0 aromatic heterocycles. The lowest BCUT2D eigenvalue weighted by molar-refractivity contribution is -0.502. The summed E-state index contributed by atoms with van der Waals surface area (Å²) in [5.74, 6) is 3.41. The van der Waals surface area contributed by atoms with E-state index in [1.54, 1.807) is 0 Å². The third-order valence-electron chi connectivity index (χ3n) is 1.53. The fraction of sp³-hybridized carbons (Fsp3) is 0.857. The molecule has 0 saturated carbocycles. The van der Waals surface area contributed by atoms with Gasteiger partial charge in [0.25, 0.3) is 0 Å². The molecule has 0 unspecified atom stereocenters. The molecule has 0 aliphatic carbocycles. The Morgan fingerprint density at radius 1 is 1.70 bits per heavy atom. The molecule has 0 radical (unpaired) electrons. The number of hydrogen-bond donors (Lipinski definition) is 0. The van der Waals surface area contributed by atoms with Gasteiger partial charge in [-0.05, 0) is 6.92 Å². The van der Waals surface area contributed by atoms with Crippen LogP contribution in [-0.2, 0) is 4.74 Å². The molecule has 0 spiro atoms. The Morgan fingerprint density at radius 3 is 3.10 bits per heavy atom. The van der Waals surface area contributed by atoms with Crippen LogP contribution in [0.1, 0.15) is 6.92 Å². The highest BCUT2D eigenvalue weighted by Gasteiger charge is 2.16. The van der Waals surface area contributed by atoms with E-state index in [1.807, 2.05) is 18.7 Å². The highest BCUT2D eigenvalue weighted by molar-refractivity contribution is 8.00. The van der Waals surface area contributed by atoms with Gasteiger partial charge in [-0.2, -0.15) is 0 Å². The maximum atomic E-state index is 5.42. The van der Waals surface area contributed by atoms with Crippen molar-refractivity contribution in [2.45, 2.75) is 6.92 Å². The second-order valence-electron chi connectivity index (χ2n) is 2.30. The van der Waals surface area contributed by atoms with Gasteiger partial charge >= 0.3 is 5.90 Å². The van der Waals surface area contributed by atoms with Crippen LogP contribution in [0.5, 0.6) is 0 Å². The molecule has 3 heteroatoms. The van der Waals surface area contributed by atoms with Gasteiger partial charge < -0.3 is 4.74 Å². The van der Waals surface area contributed by atoms with E-state index < -0.39 is 0 Å². The highest BCUT2D eigenvalue weighted by Crippen LogP contribution is 2.06. The zero-order valence-corrected chi connectivity index (χ0v) is 7.41. The SMILES string of the molecule is CCOC1=[N+](C)CCSC1. The smallest absolute Gasteiger partial charge is 0.346 e. The first-order valence-electron chi connectivity index (χ1n) is 3.62. The monoisotopic (exact) mass is 160 g/mol. The average molecular weight is 160 g/mol. The summed E-state index contributed by atoms with van der Waals surface area (Å²) in [4.78, 5) is 0. The second-order valence-corrected chi connectivity index (χ2v) is 3.41. The van der Waals surface area contributed by atoms with Crippen molar-refractivity contribution in [1.29, 1.82) is 0 Å². The normalized spacial score (nSPS) is 19.4. The van der Waals surface area contributed by atoms with Crippen molar-refractivity contribution in [2.75, 3.05) is 31.7 Å². The molecule has 1 aliphatic heterocycles. The quantitative estimate of drug-likeness (QED) is 0.526. The summed E-state index contributed by atoms with van der Waals surface area (Å²) in [6.07, 6.45) is 0. The molecule has 0 atom stereocenters. The Morgan fingerprint density at radius 2 is 2.50 bits per heavy atom. The van der Waals surface area contributed by atoms with E-state index in [1.165, 1.54) is 5.75 Å². The van der Waals surface area contributed by atoms with E-state index in [9.17, 15) is 0 Å². The standard InChI is InChI=1S/C7H14NOS/c1-3-9-7-6-10-5-4-8(7)2/h3-6H2,1-2H3/q+1. The summed E-state index contributed by atoms with van der Waals surface area (Å²) < 4.78 is 7.61. The van der Waals surface area contributed by atoms with E-state index in [2.05, 4.69) is 11.6 Å². The minimum Gasteiger partial charge on any atom is -0.448 e. The molecule has 1 heterocycles. The van der Waals surface area contributed by atoms with Crippen LogP contribution < -0.4 is 0 Å². The third-order valence-corrected chi connectivity index (χ3v) is 2.46. The van der Waals surface area contributed by atoms with Crippen molar-refractivity contribution in [3.05, 3.63) is 0 Å². The van der Waals surface area contributed by atoms with Crippen molar-refractivity contribution in [3.8, 4) is 0 Å². The molecule has 0 fully saturated rings. The van der Waals surface area contributed by atoms with Gasteiger partial charge in [0.15, 0.2) is 6.54 Å². The summed E-state index contributed by atoms with van der Waals surface area (Å²) in [7, 11) is 2.09. The molecule has 0 saturated heterocycles. The summed E-state index contributed by atoms with van der Waals surface area (Å²) >= 11 is 1.94. The highest BCUT2D eigenvalue weighted by atomic mass is 32.2. The number of rotatable bonds is 1. The van der Waals surface area contributed by atoms with E-state index in [0.717, 1.165) is 24.8 Å². The Hall–Kier alpha value is -0.180. The van der Waals surface area contributed by atoms with E-state index in [4.69, 9.17) is 4.74 Å². The van der Waals surface area contributed by atoms with Gasteiger partial charge in [0.1, 0.15) is 12.8 Å². The zero-order chi connectivity index (χ0) is 7.40. The van der Waals surface area contributed by atoms with Gasteiger partial charge in [-0.15, -0.1) is 11.8 Å². The molecular weight excluding hydrogens is 146 g/mol. The molecule has 0 aromatic rings. The minimum atomic E-state index is 0.792. The van der Waals surface area contributed by atoms with Gasteiger partial charge in [0.05, 0.1) is 12.4 Å². The molecule has 0 amide bonds. The molecule has 1 aliphatic rings. The Bertz CT molecular complexity index is 145. The average Bonchev–Trinajstić information content (AvgIpc) is 1.94. The fourth-order valence-corrected chi connectivity index (χ4v) is 1.94. The van der Waals surface area contributed by atoms with Crippen molar-refractivity contribution < 1.29 is 9.31 Å². The minimum absolute atomic E-state index is 0.792. The first-order valence-corrected chi connectivity index (χ1v) is 4.77. The topological polar surface area (TPSA) is 12.2 Å². The summed E-state index contributed by atoms with van der Waals surface area (Å²) in [5.41, 5.74) is 0.